The Kier molecular flexibility index (Phi) is 89.7. The maximum atomic E-state index is 10.6. The topological polar surface area (TPSA) is 257 Å². The van der Waals surface area contributed by atoms with E-state index in [0.717, 1.165) is 128 Å². The fourth-order valence-electron chi connectivity index (χ4n) is 13.7. The van der Waals surface area contributed by atoms with Crippen molar-refractivity contribution in [3.05, 3.63) is 29.8 Å². The van der Waals surface area contributed by atoms with E-state index in [1.807, 2.05) is 12.1 Å². The normalized spacial score (nSPS) is 14.5. The van der Waals surface area contributed by atoms with Crippen molar-refractivity contribution >= 4 is 37.2 Å². The number of aliphatic carboxylic acids is 1. The van der Waals surface area contributed by atoms with Crippen LogP contribution in [0.5, 0.6) is 5.75 Å². The number of hydrogen-bond acceptors (Lipinski definition) is 14. The predicted molar refractivity (Wildman–Crippen MR) is 442 cm³/mol. The van der Waals surface area contributed by atoms with Crippen molar-refractivity contribution in [2.45, 2.75) is 408 Å². The molecule has 1 rings (SSSR count). The van der Waals surface area contributed by atoms with Crippen molar-refractivity contribution in [2.24, 2.45) is 88.8 Å². The zero-order valence-electron chi connectivity index (χ0n) is 74.7. The van der Waals surface area contributed by atoms with Gasteiger partial charge in [0, 0.05) is 13.0 Å². The van der Waals surface area contributed by atoms with Crippen molar-refractivity contribution in [2.75, 3.05) is 19.8 Å². The van der Waals surface area contributed by atoms with Crippen LogP contribution in [0.4, 0.5) is 0 Å². The Hall–Kier alpha value is 1.10. The second-order valence-corrected chi connectivity index (χ2v) is 38.2. The average molecular weight is 1620 g/mol. The van der Waals surface area contributed by atoms with E-state index in [4.69, 9.17) is 10.2 Å². The number of aliphatic hydroxyl groups excluding tert-OH is 1. The van der Waals surface area contributed by atoms with E-state index in [1.54, 1.807) is 0 Å². The molecule has 0 spiro atoms. The van der Waals surface area contributed by atoms with Crippen LogP contribution in [0.15, 0.2) is 24.3 Å². The van der Waals surface area contributed by atoms with Crippen LogP contribution in [0.3, 0.4) is 0 Å². The molecule has 0 fully saturated rings. The Labute approximate surface area is 737 Å². The smallest absolute Gasteiger partial charge is 0.726 e. The van der Waals surface area contributed by atoms with Crippen LogP contribution >= 0.6 is 0 Å². The molecule has 0 aromatic heterocycles. The molecule has 1 aromatic rings. The third-order valence-corrected chi connectivity index (χ3v) is 22.2. The van der Waals surface area contributed by atoms with Gasteiger partial charge in [-0.3, -0.25) is 13.2 Å². The third-order valence-electron chi connectivity index (χ3n) is 20.9. The molecule has 0 aliphatic carbocycles. The summed E-state index contributed by atoms with van der Waals surface area (Å²) in [4.78, 5) is 10.4. The number of carboxylic acid groups (broad SMARTS) is 1. The number of aliphatic hydroxyl groups is 1. The largest absolute Gasteiger partial charge is 1.00 e. The van der Waals surface area contributed by atoms with Crippen molar-refractivity contribution in [1.82, 2.24) is 0 Å². The van der Waals surface area contributed by atoms with Gasteiger partial charge in [0.1, 0.15) is 5.75 Å². The fraction of sp³-hybridized carbons (Fsp3) is 0.920. The number of benzene rings is 1. The van der Waals surface area contributed by atoms with Crippen LogP contribution in [-0.2, 0) is 50.8 Å². The number of rotatable bonds is 63. The molecule has 10 unspecified atom stereocenters. The molecule has 2 N–H and O–H groups in total. The first kappa shape index (κ1) is 122. The number of aryl methyl sites for hydroxylation is 1. The van der Waals surface area contributed by atoms with E-state index in [2.05, 4.69) is 151 Å². The first-order valence-corrected chi connectivity index (χ1v) is 46.8. The summed E-state index contributed by atoms with van der Waals surface area (Å²) < 4.78 is 106. The van der Waals surface area contributed by atoms with Crippen LogP contribution in [-0.4, -0.2) is 74.9 Å². The summed E-state index contributed by atoms with van der Waals surface area (Å²) in [5.74, 6) is 10.9. The monoisotopic (exact) mass is 1620 g/mol. The summed E-state index contributed by atoms with van der Waals surface area (Å²) in [7, 11) is -13.7. The molecule has 0 radical (unpaired) electrons. The van der Waals surface area contributed by atoms with Gasteiger partial charge in [-0.25, -0.2) is 25.3 Å². The molecule has 630 valence electrons. The van der Waals surface area contributed by atoms with Gasteiger partial charge in [0.25, 0.3) is 10.4 Å². The first-order valence-electron chi connectivity index (χ1n) is 42.8. The van der Waals surface area contributed by atoms with Gasteiger partial charge in [0.15, 0.2) is 0 Å². The standard InChI is InChI=1S/C22H38O4S.C17H34O2.2C16H34O4S.C16H34O.3Na/c1-18(2)8-5-9-19(3)10-6-11-20(4)12-7-13-21-14-16-22(17-15-21)26-27(23,24)25;1-14(2)8-5-9-15(3)10-6-11-16(4)12-7-13-17(18)19;1-14(2)8-5-9-15(3)10-6-11-16(4)12-7-13-20-21(17,18)19;1-5-16(12-13-20-21(17,18)19)11-7-10-15(4)9-6-8-14(2)3;1-14(2)8-5-9-15(3)10-6-11-16(4)12-7-13-17;;;/h14-20H,5-13H2,1-4H3,(H,23,24,25);14-16H,5-13H2,1-4H3,(H,18,19);2*14-16H,5-13H2,1-4H3,(H,17,18,19);14-17H,5-13H2,1-4H3;;;/q;;;;;3*+1/p-3. The second kappa shape index (κ2) is 79.2. The third kappa shape index (κ3) is 101. The molecule has 108 heavy (non-hydrogen) atoms. The summed E-state index contributed by atoms with van der Waals surface area (Å²) in [6.07, 6.45) is 50.2. The van der Waals surface area contributed by atoms with Crippen molar-refractivity contribution < 1.29 is 155 Å². The zero-order valence-corrected chi connectivity index (χ0v) is 83.2. The molecular weight excluding hydrogens is 1450 g/mol. The van der Waals surface area contributed by atoms with Crippen LogP contribution in [0.25, 0.3) is 0 Å². The molecule has 0 aliphatic rings. The molecule has 0 saturated carbocycles. The second-order valence-electron chi connectivity index (χ2n) is 35.1. The van der Waals surface area contributed by atoms with Gasteiger partial charge in [0.2, 0.25) is 20.8 Å². The molecule has 0 heterocycles. The minimum atomic E-state index is -4.69. The van der Waals surface area contributed by atoms with Gasteiger partial charge < -0.3 is 28.1 Å². The molecule has 15 nitrogen and oxygen atoms in total. The summed E-state index contributed by atoms with van der Waals surface area (Å²) >= 11 is 0. The minimum absolute atomic E-state index is 0. The van der Waals surface area contributed by atoms with E-state index in [1.165, 1.54) is 211 Å². The molecule has 21 heteroatoms. The molecular formula is C87H171Na3O15S3. The summed E-state index contributed by atoms with van der Waals surface area (Å²) in [5.41, 5.74) is 1.14. The Bertz CT molecular complexity index is 2420. The van der Waals surface area contributed by atoms with Crippen LogP contribution in [0, 0.1) is 88.8 Å². The molecule has 10 atom stereocenters. The van der Waals surface area contributed by atoms with E-state index in [-0.39, 0.29) is 108 Å². The maximum absolute atomic E-state index is 10.6. The minimum Gasteiger partial charge on any atom is -0.726 e. The summed E-state index contributed by atoms with van der Waals surface area (Å²) in [6, 6.07) is 6.72. The average Bonchev–Trinajstić information content (AvgIpc) is 0.886. The van der Waals surface area contributed by atoms with Crippen LogP contribution < -0.4 is 92.9 Å². The molecule has 0 bridgehead atoms. The number of carboxylic acids is 1. The van der Waals surface area contributed by atoms with E-state index in [9.17, 15) is 43.7 Å². The van der Waals surface area contributed by atoms with Crippen LogP contribution in [0.2, 0.25) is 0 Å². The molecule has 1 aromatic carbocycles. The van der Waals surface area contributed by atoms with Crippen LogP contribution in [0.1, 0.15) is 407 Å². The van der Waals surface area contributed by atoms with Crippen molar-refractivity contribution in [1.29, 1.82) is 0 Å². The first-order chi connectivity index (χ1) is 49.1. The van der Waals surface area contributed by atoms with Gasteiger partial charge in [0.05, 0.1) is 13.2 Å². The van der Waals surface area contributed by atoms with Gasteiger partial charge >= 0.3 is 94.6 Å². The SMILES string of the molecule is CC(C)CCCC(C)CCCC(C)CCCC(=O)O.CC(C)CCCC(C)CCCC(C)CCCO.CC(C)CCCC(C)CCCC(C)CCCOS(=O)(=O)[O-].CC(C)CCCC(C)CCCC(C)CCCc1ccc(OS(=O)(=O)[O-])cc1.CCC(CCCC(C)CCCC(C)C)CCOS(=O)(=O)[O-].[Na+].[Na+].[Na+]. The number of carbonyl (C=O) groups is 1. The predicted octanol–water partition coefficient (Wildman–Crippen LogP) is 16.7. The fourth-order valence-corrected chi connectivity index (χ4v) is 14.6. The van der Waals surface area contributed by atoms with Crippen molar-refractivity contribution in [3.63, 3.8) is 0 Å². The summed E-state index contributed by atoms with van der Waals surface area (Å²) in [6.45, 7) is 46.3. The number of hydrogen-bond donors (Lipinski definition) is 2. The Balaban J connectivity index is -0.000000237. The maximum Gasteiger partial charge on any atom is 1.00 e. The molecule has 0 amide bonds. The summed E-state index contributed by atoms with van der Waals surface area (Å²) in [5, 5.41) is 17.4. The van der Waals surface area contributed by atoms with Gasteiger partial charge in [-0.15, -0.1) is 0 Å². The van der Waals surface area contributed by atoms with Gasteiger partial charge in [-0.05, 0) is 158 Å². The molecule has 0 aliphatic heterocycles. The Morgan fingerprint density at radius 1 is 0.333 bits per heavy atom. The van der Waals surface area contributed by atoms with Gasteiger partial charge in [-0.1, -0.05) is 362 Å². The molecule has 0 saturated heterocycles. The van der Waals surface area contributed by atoms with E-state index >= 15 is 0 Å². The Morgan fingerprint density at radius 2 is 0.583 bits per heavy atom. The zero-order chi connectivity index (χ0) is 80.7. The van der Waals surface area contributed by atoms with E-state index in [0.29, 0.717) is 43.6 Å². The van der Waals surface area contributed by atoms with Crippen molar-refractivity contribution in [3.8, 4) is 5.75 Å². The quantitative estimate of drug-likeness (QED) is 0.0266. The van der Waals surface area contributed by atoms with E-state index < -0.39 is 37.2 Å². The van der Waals surface area contributed by atoms with Gasteiger partial charge in [-0.2, -0.15) is 0 Å². The Morgan fingerprint density at radius 3 is 0.843 bits per heavy atom.